The second-order valence-corrected chi connectivity index (χ2v) is 11.7. The SMILES string of the molecule is C1=C(c2ccccc2)NCNC1c1ccccc1.Cc1ccc(-c2ccc(-n3c4ccccc4c4ccsc43)cc2)cc1. The van der Waals surface area contributed by atoms with Crippen LogP contribution in [0.25, 0.3) is 43.6 Å². The van der Waals surface area contributed by atoms with E-state index in [1.165, 1.54) is 60.3 Å². The minimum absolute atomic E-state index is 0.280. The van der Waals surface area contributed by atoms with Gasteiger partial charge in [-0.1, -0.05) is 121 Å². The number of rotatable bonds is 4. The molecule has 3 nitrogen and oxygen atoms in total. The Labute approximate surface area is 256 Å². The van der Waals surface area contributed by atoms with Crippen LogP contribution in [-0.4, -0.2) is 11.2 Å². The highest BCUT2D eigenvalue weighted by Crippen LogP contribution is 2.35. The summed E-state index contributed by atoms with van der Waals surface area (Å²) in [4.78, 5) is 1.31. The van der Waals surface area contributed by atoms with Gasteiger partial charge in [-0.3, -0.25) is 5.32 Å². The lowest BCUT2D eigenvalue weighted by Crippen LogP contribution is -2.35. The summed E-state index contributed by atoms with van der Waals surface area (Å²) in [6.45, 7) is 2.91. The summed E-state index contributed by atoms with van der Waals surface area (Å²) in [5, 5.41) is 11.7. The number of fused-ring (bicyclic) bond motifs is 3. The molecule has 0 saturated heterocycles. The molecule has 0 spiro atoms. The maximum Gasteiger partial charge on any atom is 0.108 e. The number of nitrogens with zero attached hydrogens (tertiary/aromatic N) is 1. The van der Waals surface area contributed by atoms with Gasteiger partial charge in [0.2, 0.25) is 0 Å². The van der Waals surface area contributed by atoms with Crippen LogP contribution in [0.5, 0.6) is 0 Å². The maximum absolute atomic E-state index is 3.45. The van der Waals surface area contributed by atoms with E-state index >= 15 is 0 Å². The van der Waals surface area contributed by atoms with Crippen LogP contribution in [0, 0.1) is 6.92 Å². The molecular formula is C39H33N3S. The van der Waals surface area contributed by atoms with Crippen molar-refractivity contribution < 1.29 is 0 Å². The van der Waals surface area contributed by atoms with E-state index in [0.717, 1.165) is 6.67 Å². The monoisotopic (exact) mass is 575 g/mol. The molecule has 43 heavy (non-hydrogen) atoms. The second-order valence-electron chi connectivity index (χ2n) is 10.8. The van der Waals surface area contributed by atoms with E-state index in [1.807, 2.05) is 12.1 Å². The normalized spacial score (nSPS) is 14.5. The van der Waals surface area contributed by atoms with Gasteiger partial charge in [-0.05, 0) is 64.9 Å². The molecule has 2 aromatic heterocycles. The van der Waals surface area contributed by atoms with Crippen LogP contribution in [0.15, 0.2) is 151 Å². The summed E-state index contributed by atoms with van der Waals surface area (Å²) < 4.78 is 2.37. The minimum atomic E-state index is 0.280. The van der Waals surface area contributed by atoms with Crippen LogP contribution < -0.4 is 10.6 Å². The predicted molar refractivity (Wildman–Crippen MR) is 184 cm³/mol. The summed E-state index contributed by atoms with van der Waals surface area (Å²) in [5.74, 6) is 0. The number of hydrogen-bond acceptors (Lipinski definition) is 3. The summed E-state index contributed by atoms with van der Waals surface area (Å²) in [6, 6.07) is 49.7. The lowest BCUT2D eigenvalue weighted by Gasteiger charge is -2.25. The van der Waals surface area contributed by atoms with Crippen LogP contribution in [0.3, 0.4) is 0 Å². The summed E-state index contributed by atoms with van der Waals surface area (Å²) in [7, 11) is 0. The number of hydrogen-bond donors (Lipinski definition) is 2. The topological polar surface area (TPSA) is 29.0 Å². The zero-order valence-corrected chi connectivity index (χ0v) is 24.9. The van der Waals surface area contributed by atoms with Gasteiger partial charge in [-0.15, -0.1) is 11.3 Å². The van der Waals surface area contributed by atoms with Crippen LogP contribution in [-0.2, 0) is 0 Å². The number of aryl methyl sites for hydroxylation is 1. The molecule has 0 radical (unpaired) electrons. The Morgan fingerprint density at radius 2 is 1.28 bits per heavy atom. The van der Waals surface area contributed by atoms with Crippen LogP contribution in [0.1, 0.15) is 22.7 Å². The van der Waals surface area contributed by atoms with E-state index in [1.54, 1.807) is 11.3 Å². The molecule has 1 unspecified atom stereocenters. The average Bonchev–Trinajstić information content (AvgIpc) is 3.68. The molecule has 0 bridgehead atoms. The second kappa shape index (κ2) is 12.1. The van der Waals surface area contributed by atoms with E-state index in [-0.39, 0.29) is 6.04 Å². The zero-order valence-electron chi connectivity index (χ0n) is 24.1. The van der Waals surface area contributed by atoms with Crippen LogP contribution in [0.4, 0.5) is 0 Å². The number of benzene rings is 5. The summed E-state index contributed by atoms with van der Waals surface area (Å²) in [6.07, 6.45) is 2.24. The van der Waals surface area contributed by atoms with E-state index in [4.69, 9.17) is 0 Å². The quantitative estimate of drug-likeness (QED) is 0.219. The molecule has 3 heterocycles. The Morgan fingerprint density at radius 1 is 0.628 bits per heavy atom. The van der Waals surface area contributed by atoms with Gasteiger partial charge in [0.1, 0.15) is 4.83 Å². The summed E-state index contributed by atoms with van der Waals surface area (Å²) in [5.41, 5.74) is 10.0. The molecule has 1 aliphatic heterocycles. The largest absolute Gasteiger partial charge is 0.372 e. The van der Waals surface area contributed by atoms with Crippen molar-refractivity contribution in [1.82, 2.24) is 15.2 Å². The van der Waals surface area contributed by atoms with Crippen molar-refractivity contribution in [2.75, 3.05) is 6.67 Å². The van der Waals surface area contributed by atoms with E-state index in [0.29, 0.717) is 0 Å². The first kappa shape index (κ1) is 27.0. The molecule has 0 aliphatic carbocycles. The van der Waals surface area contributed by atoms with Crippen LogP contribution >= 0.6 is 11.3 Å². The standard InChI is InChI=1S/C23H17NS.C16H16N2/c1-16-6-8-17(9-7-16)18-10-12-19(13-11-18)24-22-5-3-2-4-20(22)21-14-15-25-23(21)24;1-3-7-13(8-4-1)15-11-16(18-12-17-15)14-9-5-2-6-10-14/h2-15H,1H3;1-11,15,17-18H,12H2. The molecule has 7 aromatic rings. The fourth-order valence-corrected chi connectivity index (χ4v) is 6.67. The fraction of sp³-hybridized carbons (Fsp3) is 0.0769. The molecule has 0 fully saturated rings. The van der Waals surface area contributed by atoms with Crippen molar-refractivity contribution in [3.63, 3.8) is 0 Å². The van der Waals surface area contributed by atoms with Gasteiger partial charge in [0.05, 0.1) is 18.2 Å². The molecule has 8 rings (SSSR count). The third kappa shape index (κ3) is 5.63. The Balaban J connectivity index is 0.000000148. The molecule has 5 aromatic carbocycles. The fourth-order valence-electron chi connectivity index (χ4n) is 5.72. The number of aromatic nitrogens is 1. The van der Waals surface area contributed by atoms with Crippen molar-refractivity contribution in [2.24, 2.45) is 0 Å². The number of nitrogens with one attached hydrogen (secondary N) is 2. The van der Waals surface area contributed by atoms with E-state index in [9.17, 15) is 0 Å². The Bertz CT molecular complexity index is 1980. The highest BCUT2D eigenvalue weighted by molar-refractivity contribution is 7.17. The third-order valence-corrected chi connectivity index (χ3v) is 8.87. The molecule has 2 N–H and O–H groups in total. The van der Waals surface area contributed by atoms with Gasteiger partial charge in [-0.25, -0.2) is 0 Å². The zero-order chi connectivity index (χ0) is 29.0. The minimum Gasteiger partial charge on any atom is -0.372 e. The number of para-hydroxylation sites is 1. The van der Waals surface area contributed by atoms with Gasteiger partial charge < -0.3 is 9.88 Å². The smallest absolute Gasteiger partial charge is 0.108 e. The third-order valence-electron chi connectivity index (χ3n) is 7.97. The summed E-state index contributed by atoms with van der Waals surface area (Å²) >= 11 is 1.80. The van der Waals surface area contributed by atoms with E-state index in [2.05, 4.69) is 161 Å². The first-order chi connectivity index (χ1) is 21.2. The molecule has 1 atom stereocenters. The highest BCUT2D eigenvalue weighted by Gasteiger charge is 2.15. The number of thiophene rings is 1. The average molecular weight is 576 g/mol. The lowest BCUT2D eigenvalue weighted by atomic mass is 10.0. The van der Waals surface area contributed by atoms with Crippen molar-refractivity contribution in [3.05, 3.63) is 168 Å². The van der Waals surface area contributed by atoms with Crippen LogP contribution in [0.2, 0.25) is 0 Å². The molecular weight excluding hydrogens is 543 g/mol. The van der Waals surface area contributed by atoms with Gasteiger partial charge in [-0.2, -0.15) is 0 Å². The first-order valence-electron chi connectivity index (χ1n) is 14.7. The molecule has 0 amide bonds. The molecule has 210 valence electrons. The van der Waals surface area contributed by atoms with Gasteiger partial charge >= 0.3 is 0 Å². The van der Waals surface area contributed by atoms with Crippen molar-refractivity contribution in [1.29, 1.82) is 0 Å². The Kier molecular flexibility index (Phi) is 7.61. The van der Waals surface area contributed by atoms with E-state index < -0.39 is 0 Å². The van der Waals surface area contributed by atoms with Crippen molar-refractivity contribution >= 4 is 38.2 Å². The van der Waals surface area contributed by atoms with Crippen molar-refractivity contribution in [3.8, 4) is 16.8 Å². The van der Waals surface area contributed by atoms with Crippen molar-refractivity contribution in [2.45, 2.75) is 13.0 Å². The maximum atomic E-state index is 3.45. The molecule has 0 saturated carbocycles. The van der Waals surface area contributed by atoms with Gasteiger partial charge in [0.15, 0.2) is 0 Å². The Hall–Kier alpha value is -4.90. The van der Waals surface area contributed by atoms with Gasteiger partial charge in [0.25, 0.3) is 0 Å². The first-order valence-corrected chi connectivity index (χ1v) is 15.6. The highest BCUT2D eigenvalue weighted by atomic mass is 32.1. The lowest BCUT2D eigenvalue weighted by molar-refractivity contribution is 0.574. The van der Waals surface area contributed by atoms with Gasteiger partial charge in [0, 0.05) is 22.2 Å². The predicted octanol–water partition coefficient (Wildman–Crippen LogP) is 9.74. The Morgan fingerprint density at radius 3 is 2.02 bits per heavy atom. The molecule has 4 heteroatoms. The molecule has 1 aliphatic rings.